The van der Waals surface area contributed by atoms with Gasteiger partial charge in [-0.15, -0.1) is 0 Å². The molecule has 0 saturated heterocycles. The van der Waals surface area contributed by atoms with Crippen LogP contribution in [-0.2, 0) is 22.8 Å². The van der Waals surface area contributed by atoms with E-state index in [1.54, 1.807) is 20.8 Å². The Hall–Kier alpha value is -0.643. The Morgan fingerprint density at radius 2 is 1.48 bits per heavy atom. The van der Waals surface area contributed by atoms with Gasteiger partial charge in [-0.25, -0.2) is 0 Å². The smallest absolute Gasteiger partial charge is 0.459 e. The Morgan fingerprint density at radius 1 is 1.00 bits per heavy atom. The third-order valence-corrected chi connectivity index (χ3v) is 7.78. The third-order valence-electron chi connectivity index (χ3n) is 5.34. The second-order valence-electron chi connectivity index (χ2n) is 8.71. The molecule has 0 heterocycles. The summed E-state index contributed by atoms with van der Waals surface area (Å²) in [5.74, 6) is -1.63. The highest BCUT2D eigenvalue weighted by molar-refractivity contribution is 6.59. The van der Waals surface area contributed by atoms with E-state index >= 15 is 0 Å². The van der Waals surface area contributed by atoms with Gasteiger partial charge in [0.2, 0.25) is 0 Å². The van der Waals surface area contributed by atoms with Gasteiger partial charge >= 0.3 is 21.0 Å². The van der Waals surface area contributed by atoms with Crippen molar-refractivity contribution in [3.8, 4) is 0 Å². The summed E-state index contributed by atoms with van der Waals surface area (Å²) >= 11 is 0. The topological polar surface area (TPSA) is 54.0 Å². The summed E-state index contributed by atoms with van der Waals surface area (Å²) in [4.78, 5) is 12.1. The average Bonchev–Trinajstić information content (AvgIpc) is 3.15. The molecule has 2 fully saturated rings. The summed E-state index contributed by atoms with van der Waals surface area (Å²) in [6.45, 7) is 14.5. The summed E-state index contributed by atoms with van der Waals surface area (Å²) in [5.41, 5.74) is -3.12. The van der Waals surface area contributed by atoms with Crippen molar-refractivity contribution in [2.75, 3.05) is 19.8 Å². The van der Waals surface area contributed by atoms with Crippen LogP contribution in [0, 0.1) is 17.3 Å². The summed E-state index contributed by atoms with van der Waals surface area (Å²) < 4.78 is 61.5. The van der Waals surface area contributed by atoms with E-state index < -0.39 is 37.9 Å². The van der Waals surface area contributed by atoms with Crippen LogP contribution in [0.4, 0.5) is 13.2 Å². The number of hydrogen-bond acceptors (Lipinski definition) is 5. The molecule has 3 unspecified atom stereocenters. The fourth-order valence-electron chi connectivity index (χ4n) is 4.32. The Kier molecular flexibility index (Phi) is 9.20. The lowest BCUT2D eigenvalue weighted by Crippen LogP contribution is -2.51. The van der Waals surface area contributed by atoms with E-state index in [0.717, 1.165) is 6.42 Å². The molecular formula is C20H37F3O5Si. The van der Waals surface area contributed by atoms with Crippen molar-refractivity contribution in [3.63, 3.8) is 0 Å². The first-order valence-electron chi connectivity index (χ1n) is 10.5. The van der Waals surface area contributed by atoms with Crippen molar-refractivity contribution in [1.82, 2.24) is 0 Å². The van der Waals surface area contributed by atoms with Crippen LogP contribution in [-0.4, -0.2) is 46.4 Å². The van der Waals surface area contributed by atoms with Crippen LogP contribution < -0.4 is 0 Å². The zero-order chi connectivity index (χ0) is 22.5. The first-order chi connectivity index (χ1) is 13.2. The number of carbonyl (C=O) groups excluding carboxylic acids is 1. The van der Waals surface area contributed by atoms with E-state index in [-0.39, 0.29) is 12.3 Å². The summed E-state index contributed by atoms with van der Waals surface area (Å²) in [6, 6.07) is 0. The van der Waals surface area contributed by atoms with Gasteiger partial charge in [-0.05, 0) is 72.6 Å². The fourth-order valence-corrected chi connectivity index (χ4v) is 6.15. The largest absolute Gasteiger partial charge is 0.497 e. The monoisotopic (exact) mass is 442 g/mol. The standard InChI is InChI=1S/C13H19F3O2.C7H18O3Si/c1-11(2,3)18-10(17)12(13(14,15)16)7-8-4-5-9(12)6-8;1-5-8-11(4,9-6-2)10-7-3/h8-9H,4-7H2,1-3H3;5-7H2,1-4H3. The first kappa shape index (κ1) is 26.4. The minimum absolute atomic E-state index is 0.0316. The van der Waals surface area contributed by atoms with Crippen molar-refractivity contribution in [2.45, 2.75) is 85.6 Å². The van der Waals surface area contributed by atoms with E-state index in [2.05, 4.69) is 0 Å². The van der Waals surface area contributed by atoms with E-state index in [9.17, 15) is 18.0 Å². The van der Waals surface area contributed by atoms with Gasteiger partial charge in [0, 0.05) is 26.4 Å². The Morgan fingerprint density at radius 3 is 1.76 bits per heavy atom. The molecule has 0 spiro atoms. The molecule has 0 N–H and O–H groups in total. The molecule has 0 radical (unpaired) electrons. The molecule has 5 nitrogen and oxygen atoms in total. The SMILES string of the molecule is CC(C)(C)OC(=O)C1(C(F)(F)F)CC2CCC1C2.CCO[Si](C)(OCC)OCC. The lowest BCUT2D eigenvalue weighted by molar-refractivity contribution is -0.252. The van der Waals surface area contributed by atoms with Crippen molar-refractivity contribution >= 4 is 14.8 Å². The van der Waals surface area contributed by atoms with E-state index in [1.165, 1.54) is 0 Å². The van der Waals surface area contributed by atoms with Crippen LogP contribution in [0.1, 0.15) is 67.2 Å². The molecule has 172 valence electrons. The highest BCUT2D eigenvalue weighted by Crippen LogP contribution is 2.63. The number of ether oxygens (including phenoxy) is 1. The minimum Gasteiger partial charge on any atom is -0.459 e. The number of carbonyl (C=O) groups is 1. The second-order valence-corrected chi connectivity index (χ2v) is 11.3. The molecular weight excluding hydrogens is 405 g/mol. The zero-order valence-electron chi connectivity index (χ0n) is 18.8. The average molecular weight is 443 g/mol. The molecule has 0 aliphatic heterocycles. The van der Waals surface area contributed by atoms with Crippen LogP contribution in [0.2, 0.25) is 6.55 Å². The zero-order valence-corrected chi connectivity index (χ0v) is 19.8. The highest BCUT2D eigenvalue weighted by Gasteiger charge is 2.70. The molecule has 2 rings (SSSR count). The van der Waals surface area contributed by atoms with E-state index in [0.29, 0.717) is 32.7 Å². The second kappa shape index (κ2) is 10.1. The Labute approximate surface area is 174 Å². The van der Waals surface area contributed by atoms with Crippen LogP contribution >= 0.6 is 0 Å². The minimum atomic E-state index is -4.50. The number of halogens is 3. The third kappa shape index (κ3) is 6.67. The quantitative estimate of drug-likeness (QED) is 0.392. The molecule has 2 aliphatic rings. The van der Waals surface area contributed by atoms with Gasteiger partial charge in [0.25, 0.3) is 0 Å². The molecule has 2 bridgehead atoms. The van der Waals surface area contributed by atoms with Crippen molar-refractivity contribution < 1.29 is 36.0 Å². The Balaban J connectivity index is 0.000000331. The maximum atomic E-state index is 13.4. The highest BCUT2D eigenvalue weighted by atomic mass is 28.4. The molecule has 2 aliphatic carbocycles. The molecule has 0 amide bonds. The fraction of sp³-hybridized carbons (Fsp3) is 0.950. The van der Waals surface area contributed by atoms with Gasteiger partial charge in [-0.1, -0.05) is 6.42 Å². The first-order valence-corrected chi connectivity index (χ1v) is 12.7. The van der Waals surface area contributed by atoms with Gasteiger partial charge in [-0.3, -0.25) is 4.79 Å². The van der Waals surface area contributed by atoms with E-state index in [1.807, 2.05) is 27.3 Å². The Bertz CT molecular complexity index is 518. The van der Waals surface area contributed by atoms with Gasteiger partial charge in [0.1, 0.15) is 5.60 Å². The van der Waals surface area contributed by atoms with Crippen LogP contribution in [0.25, 0.3) is 0 Å². The predicted octanol–water partition coefficient (Wildman–Crippen LogP) is 5.36. The number of esters is 1. The predicted molar refractivity (Wildman–Crippen MR) is 106 cm³/mol. The van der Waals surface area contributed by atoms with Crippen LogP contribution in [0.3, 0.4) is 0 Å². The molecule has 2 saturated carbocycles. The molecule has 0 aromatic heterocycles. The van der Waals surface area contributed by atoms with Gasteiger partial charge in [0.05, 0.1) is 0 Å². The number of hydrogen-bond donors (Lipinski definition) is 0. The molecule has 0 aromatic rings. The van der Waals surface area contributed by atoms with Gasteiger partial charge < -0.3 is 18.0 Å². The summed E-state index contributed by atoms with van der Waals surface area (Å²) in [5, 5.41) is 0. The van der Waals surface area contributed by atoms with E-state index in [4.69, 9.17) is 18.0 Å². The molecule has 0 aromatic carbocycles. The molecule has 3 atom stereocenters. The van der Waals surface area contributed by atoms with Crippen molar-refractivity contribution in [1.29, 1.82) is 0 Å². The number of rotatable bonds is 7. The van der Waals surface area contributed by atoms with Crippen molar-refractivity contribution in [2.24, 2.45) is 17.3 Å². The van der Waals surface area contributed by atoms with Gasteiger partial charge in [-0.2, -0.15) is 13.2 Å². The maximum absolute atomic E-state index is 13.4. The van der Waals surface area contributed by atoms with Crippen LogP contribution in [0.15, 0.2) is 0 Å². The normalized spacial score (nSPS) is 26.8. The summed E-state index contributed by atoms with van der Waals surface area (Å²) in [6.07, 6.45) is -2.78. The van der Waals surface area contributed by atoms with Crippen molar-refractivity contribution in [3.05, 3.63) is 0 Å². The lowest BCUT2D eigenvalue weighted by Gasteiger charge is -2.38. The van der Waals surface area contributed by atoms with Crippen LogP contribution in [0.5, 0.6) is 0 Å². The van der Waals surface area contributed by atoms with Gasteiger partial charge in [0.15, 0.2) is 5.41 Å². The summed E-state index contributed by atoms with van der Waals surface area (Å²) in [7, 11) is -2.25. The molecule has 29 heavy (non-hydrogen) atoms. The lowest BCUT2D eigenvalue weighted by atomic mass is 9.72. The number of alkyl halides is 3. The maximum Gasteiger partial charge on any atom is 0.497 e. The molecule has 9 heteroatoms. The number of fused-ring (bicyclic) bond motifs is 2.